The molecule has 2 aromatic rings. The predicted octanol–water partition coefficient (Wildman–Crippen LogP) is 4.02. The molecule has 0 aliphatic rings. The second-order valence-corrected chi connectivity index (χ2v) is 8.34. The van der Waals surface area contributed by atoms with Crippen LogP contribution >= 0.6 is 34.7 Å². The number of nitrogens with one attached hydrogen (secondary N) is 2. The molecule has 2 rings (SSSR count). The van der Waals surface area contributed by atoms with Crippen LogP contribution in [0, 0.1) is 0 Å². The molecular formula is C18H23ClN4O2S2. The molecule has 0 saturated carbocycles. The van der Waals surface area contributed by atoms with Crippen LogP contribution in [-0.2, 0) is 11.2 Å². The van der Waals surface area contributed by atoms with E-state index in [1.165, 1.54) is 11.3 Å². The molecule has 146 valence electrons. The fraction of sp³-hybridized carbons (Fsp3) is 0.444. The van der Waals surface area contributed by atoms with Crippen molar-refractivity contribution in [2.75, 3.05) is 17.3 Å². The van der Waals surface area contributed by atoms with Crippen LogP contribution < -0.4 is 10.6 Å². The molecule has 1 aromatic carbocycles. The number of rotatable bonds is 10. The van der Waals surface area contributed by atoms with Crippen molar-refractivity contribution in [2.24, 2.45) is 0 Å². The smallest absolute Gasteiger partial charge is 0.253 e. The Bertz CT molecular complexity index is 769. The highest BCUT2D eigenvalue weighted by Gasteiger charge is 2.23. The van der Waals surface area contributed by atoms with Gasteiger partial charge in [-0.15, -0.1) is 10.2 Å². The Balaban J connectivity index is 2.03. The number of hydrogen-bond acceptors (Lipinski definition) is 6. The lowest BCUT2D eigenvalue weighted by Crippen LogP contribution is -2.44. The number of anilines is 1. The van der Waals surface area contributed by atoms with E-state index in [9.17, 15) is 9.59 Å². The molecular weight excluding hydrogens is 404 g/mol. The van der Waals surface area contributed by atoms with E-state index in [4.69, 9.17) is 11.6 Å². The van der Waals surface area contributed by atoms with Crippen LogP contribution in [0.5, 0.6) is 0 Å². The normalized spacial score (nSPS) is 11.8. The molecule has 0 bridgehead atoms. The second kappa shape index (κ2) is 11.3. The first-order valence-corrected chi connectivity index (χ1v) is 11.3. The van der Waals surface area contributed by atoms with Gasteiger partial charge < -0.3 is 5.32 Å². The highest BCUT2D eigenvalue weighted by atomic mass is 35.5. The van der Waals surface area contributed by atoms with Crippen molar-refractivity contribution in [1.82, 2.24) is 15.5 Å². The maximum absolute atomic E-state index is 12.7. The summed E-state index contributed by atoms with van der Waals surface area (Å²) in [6.07, 6.45) is 5.42. The van der Waals surface area contributed by atoms with Gasteiger partial charge in [-0.05, 0) is 37.0 Å². The van der Waals surface area contributed by atoms with Crippen LogP contribution in [0.25, 0.3) is 0 Å². The third-order valence-electron chi connectivity index (χ3n) is 3.79. The Morgan fingerprint density at radius 1 is 1.30 bits per heavy atom. The van der Waals surface area contributed by atoms with E-state index in [-0.39, 0.29) is 11.8 Å². The lowest BCUT2D eigenvalue weighted by atomic mass is 10.1. The van der Waals surface area contributed by atoms with Crippen molar-refractivity contribution in [1.29, 1.82) is 0 Å². The quantitative estimate of drug-likeness (QED) is 0.599. The Labute approximate surface area is 172 Å². The van der Waals surface area contributed by atoms with E-state index >= 15 is 0 Å². The molecule has 0 aliphatic heterocycles. The Kier molecular flexibility index (Phi) is 9.03. The first-order chi connectivity index (χ1) is 13.0. The summed E-state index contributed by atoms with van der Waals surface area (Å²) in [5, 5.41) is 15.4. The van der Waals surface area contributed by atoms with Crippen molar-refractivity contribution in [2.45, 2.75) is 38.6 Å². The molecule has 0 saturated heterocycles. The number of halogens is 1. The standard InChI is InChI=1S/C18H23ClN4O2S2/c1-3-4-9-15-22-23-18(27-15)21-17(25)14(10-11-26-2)20-16(24)12-7-5-6-8-13(12)19/h5-8,14H,3-4,9-11H2,1-2H3,(H,20,24)(H,21,23,25). The molecule has 2 amide bonds. The number of hydrogen-bond donors (Lipinski definition) is 2. The molecule has 1 heterocycles. The molecule has 0 fully saturated rings. The minimum Gasteiger partial charge on any atom is -0.340 e. The number of nitrogens with zero attached hydrogens (tertiary/aromatic N) is 2. The van der Waals surface area contributed by atoms with Gasteiger partial charge in [0, 0.05) is 6.42 Å². The minimum atomic E-state index is -0.677. The summed E-state index contributed by atoms with van der Waals surface area (Å²) < 4.78 is 0. The van der Waals surface area contributed by atoms with Gasteiger partial charge in [0.15, 0.2) is 0 Å². The zero-order valence-electron chi connectivity index (χ0n) is 15.3. The topological polar surface area (TPSA) is 84.0 Å². The van der Waals surface area contributed by atoms with Gasteiger partial charge in [0.25, 0.3) is 5.91 Å². The maximum Gasteiger partial charge on any atom is 0.253 e. The summed E-state index contributed by atoms with van der Waals surface area (Å²) in [7, 11) is 0. The highest BCUT2D eigenvalue weighted by Crippen LogP contribution is 2.18. The van der Waals surface area contributed by atoms with Crippen LogP contribution in [0.4, 0.5) is 5.13 Å². The predicted molar refractivity (Wildman–Crippen MR) is 113 cm³/mol. The summed E-state index contributed by atoms with van der Waals surface area (Å²) in [5.74, 6) is 0.0593. The van der Waals surface area contributed by atoms with Crippen LogP contribution in [-0.4, -0.2) is 40.1 Å². The number of thioether (sulfide) groups is 1. The number of carbonyl (C=O) groups is 2. The molecule has 9 heteroatoms. The number of benzene rings is 1. The number of aryl methyl sites for hydroxylation is 1. The number of aromatic nitrogens is 2. The zero-order valence-corrected chi connectivity index (χ0v) is 17.7. The lowest BCUT2D eigenvalue weighted by molar-refractivity contribution is -0.118. The Morgan fingerprint density at radius 3 is 2.78 bits per heavy atom. The number of unbranched alkanes of at least 4 members (excludes halogenated alkanes) is 1. The Hall–Kier alpha value is -1.64. The first kappa shape index (κ1) is 21.7. The van der Waals surface area contributed by atoms with Gasteiger partial charge in [-0.1, -0.05) is 48.4 Å². The number of amides is 2. The van der Waals surface area contributed by atoms with E-state index in [1.807, 2.05) is 6.26 Å². The summed E-state index contributed by atoms with van der Waals surface area (Å²) in [6, 6.07) is 6.09. The van der Waals surface area contributed by atoms with Gasteiger partial charge in [0.05, 0.1) is 10.6 Å². The average Bonchev–Trinajstić information content (AvgIpc) is 3.10. The molecule has 1 aromatic heterocycles. The summed E-state index contributed by atoms with van der Waals surface area (Å²) >= 11 is 9.06. The van der Waals surface area contributed by atoms with Crippen LogP contribution in [0.2, 0.25) is 5.02 Å². The SMILES string of the molecule is CCCCc1nnc(NC(=O)C(CCSC)NC(=O)c2ccccc2Cl)s1. The van der Waals surface area contributed by atoms with Gasteiger partial charge in [-0.25, -0.2) is 0 Å². The molecule has 6 nitrogen and oxygen atoms in total. The summed E-state index contributed by atoms with van der Waals surface area (Å²) in [4.78, 5) is 25.2. The fourth-order valence-corrected chi connectivity index (χ4v) is 3.79. The second-order valence-electron chi connectivity index (χ2n) is 5.88. The zero-order chi connectivity index (χ0) is 19.6. The monoisotopic (exact) mass is 426 g/mol. The molecule has 0 aliphatic carbocycles. The van der Waals surface area contributed by atoms with Crippen molar-refractivity contribution >= 4 is 51.6 Å². The maximum atomic E-state index is 12.7. The largest absolute Gasteiger partial charge is 0.340 e. The minimum absolute atomic E-state index is 0.303. The van der Waals surface area contributed by atoms with Crippen LogP contribution in [0.3, 0.4) is 0 Å². The van der Waals surface area contributed by atoms with E-state index in [2.05, 4.69) is 27.8 Å². The highest BCUT2D eigenvalue weighted by molar-refractivity contribution is 7.98. The summed E-state index contributed by atoms with van der Waals surface area (Å²) in [6.45, 7) is 2.11. The number of carbonyl (C=O) groups excluding carboxylic acids is 2. The fourth-order valence-electron chi connectivity index (χ4n) is 2.31. The van der Waals surface area contributed by atoms with Gasteiger partial charge in [0.1, 0.15) is 11.0 Å². The van der Waals surface area contributed by atoms with Gasteiger partial charge in [0.2, 0.25) is 11.0 Å². The average molecular weight is 427 g/mol. The molecule has 0 spiro atoms. The van der Waals surface area contributed by atoms with Gasteiger partial charge in [-0.2, -0.15) is 11.8 Å². The van der Waals surface area contributed by atoms with Crippen molar-refractivity contribution in [3.05, 3.63) is 39.9 Å². The summed E-state index contributed by atoms with van der Waals surface area (Å²) in [5.41, 5.74) is 0.346. The van der Waals surface area contributed by atoms with Crippen molar-refractivity contribution in [3.8, 4) is 0 Å². The van der Waals surface area contributed by atoms with Crippen molar-refractivity contribution < 1.29 is 9.59 Å². The first-order valence-electron chi connectivity index (χ1n) is 8.72. The third kappa shape index (κ3) is 6.79. The molecule has 27 heavy (non-hydrogen) atoms. The lowest BCUT2D eigenvalue weighted by Gasteiger charge is -2.17. The van der Waals surface area contributed by atoms with Crippen molar-refractivity contribution in [3.63, 3.8) is 0 Å². The van der Waals surface area contributed by atoms with Crippen LogP contribution in [0.1, 0.15) is 41.6 Å². The molecule has 0 radical (unpaired) electrons. The van der Waals surface area contributed by atoms with Crippen LogP contribution in [0.15, 0.2) is 24.3 Å². The molecule has 1 atom stereocenters. The van der Waals surface area contributed by atoms with E-state index in [0.29, 0.717) is 22.1 Å². The van der Waals surface area contributed by atoms with E-state index < -0.39 is 6.04 Å². The molecule has 1 unspecified atom stereocenters. The Morgan fingerprint density at radius 2 is 2.07 bits per heavy atom. The van der Waals surface area contributed by atoms with E-state index in [0.717, 1.165) is 30.0 Å². The molecule has 2 N–H and O–H groups in total. The van der Waals surface area contributed by atoms with Gasteiger partial charge >= 0.3 is 0 Å². The van der Waals surface area contributed by atoms with Gasteiger partial charge in [-0.3, -0.25) is 14.9 Å². The third-order valence-corrected chi connectivity index (χ3v) is 5.66. The van der Waals surface area contributed by atoms with E-state index in [1.54, 1.807) is 36.0 Å².